The molecule has 1 fully saturated rings. The van der Waals surface area contributed by atoms with Crippen LogP contribution < -0.4 is 20.1 Å². The Hall–Kier alpha value is -2.35. The second-order valence-corrected chi connectivity index (χ2v) is 6.55. The normalized spacial score (nSPS) is 15.5. The van der Waals surface area contributed by atoms with Crippen LogP contribution in [0.1, 0.15) is 29.3 Å². The van der Waals surface area contributed by atoms with E-state index < -0.39 is 0 Å². The van der Waals surface area contributed by atoms with Gasteiger partial charge in [0, 0.05) is 12.5 Å². The molecule has 7 nitrogen and oxygen atoms in total. The molecule has 120 valence electrons. The Balaban J connectivity index is 1.24. The fourth-order valence-electron chi connectivity index (χ4n) is 2.34. The number of carbonyl (C=O) groups is 1. The van der Waals surface area contributed by atoms with E-state index in [0.29, 0.717) is 24.0 Å². The minimum absolute atomic E-state index is 0.260. The highest BCUT2D eigenvalue weighted by Gasteiger charge is 2.27. The average Bonchev–Trinajstić information content (AvgIpc) is 3.11. The lowest BCUT2D eigenvalue weighted by Crippen LogP contribution is -2.30. The molecular formula is C15H16N4O3S. The van der Waals surface area contributed by atoms with Crippen molar-refractivity contribution in [2.45, 2.75) is 25.2 Å². The molecule has 0 atom stereocenters. The van der Waals surface area contributed by atoms with Gasteiger partial charge in [-0.15, -0.1) is 10.2 Å². The van der Waals surface area contributed by atoms with Crippen molar-refractivity contribution in [1.29, 1.82) is 0 Å². The molecule has 0 unspecified atom stereocenters. The van der Waals surface area contributed by atoms with Crippen LogP contribution in [-0.4, -0.2) is 29.6 Å². The smallest absolute Gasteiger partial charge is 0.321 e. The van der Waals surface area contributed by atoms with Gasteiger partial charge in [0.1, 0.15) is 5.01 Å². The molecule has 0 spiro atoms. The monoisotopic (exact) mass is 332 g/mol. The molecule has 1 aromatic heterocycles. The van der Waals surface area contributed by atoms with Gasteiger partial charge in [-0.2, -0.15) is 0 Å². The first-order valence-electron chi connectivity index (χ1n) is 7.55. The maximum Gasteiger partial charge on any atom is 0.321 e. The number of benzene rings is 1. The van der Waals surface area contributed by atoms with Crippen molar-refractivity contribution in [3.05, 3.63) is 28.8 Å². The van der Waals surface area contributed by atoms with Gasteiger partial charge < -0.3 is 14.8 Å². The van der Waals surface area contributed by atoms with Gasteiger partial charge in [-0.25, -0.2) is 4.79 Å². The number of fused-ring (bicyclic) bond motifs is 1. The minimum Gasteiger partial charge on any atom is -0.454 e. The molecule has 0 bridgehead atoms. The van der Waals surface area contributed by atoms with Gasteiger partial charge in [-0.3, -0.25) is 5.32 Å². The summed E-state index contributed by atoms with van der Waals surface area (Å²) in [5.41, 5.74) is 1.08. The molecule has 2 N–H and O–H groups in total. The van der Waals surface area contributed by atoms with Gasteiger partial charge in [0.2, 0.25) is 11.9 Å². The van der Waals surface area contributed by atoms with Crippen LogP contribution >= 0.6 is 11.3 Å². The topological polar surface area (TPSA) is 85.4 Å². The van der Waals surface area contributed by atoms with E-state index in [1.54, 1.807) is 0 Å². The van der Waals surface area contributed by atoms with Crippen molar-refractivity contribution in [2.24, 2.45) is 0 Å². The van der Waals surface area contributed by atoms with Crippen molar-refractivity contribution < 1.29 is 14.3 Å². The second kappa shape index (κ2) is 6.04. The molecule has 4 rings (SSSR count). The van der Waals surface area contributed by atoms with Crippen LogP contribution in [-0.2, 0) is 6.42 Å². The van der Waals surface area contributed by atoms with E-state index in [2.05, 4.69) is 20.8 Å². The quantitative estimate of drug-likeness (QED) is 0.879. The number of hydrogen-bond acceptors (Lipinski definition) is 6. The van der Waals surface area contributed by atoms with Crippen LogP contribution in [0.25, 0.3) is 0 Å². The summed E-state index contributed by atoms with van der Waals surface area (Å²) in [5, 5.41) is 15.2. The predicted molar refractivity (Wildman–Crippen MR) is 85.2 cm³/mol. The maximum absolute atomic E-state index is 11.9. The van der Waals surface area contributed by atoms with E-state index in [9.17, 15) is 4.79 Å². The number of nitrogens with one attached hydrogen (secondary N) is 2. The minimum atomic E-state index is -0.260. The van der Waals surface area contributed by atoms with Gasteiger partial charge in [0.25, 0.3) is 0 Å². The van der Waals surface area contributed by atoms with E-state index in [1.807, 2.05) is 18.2 Å². The summed E-state index contributed by atoms with van der Waals surface area (Å²) in [6.07, 6.45) is 3.07. The first-order valence-corrected chi connectivity index (χ1v) is 8.36. The molecule has 1 aliphatic carbocycles. The number of ether oxygens (including phenoxy) is 2. The Morgan fingerprint density at radius 2 is 2.13 bits per heavy atom. The molecule has 0 saturated heterocycles. The fraction of sp³-hybridized carbons (Fsp3) is 0.400. The molecule has 1 aromatic carbocycles. The maximum atomic E-state index is 11.9. The number of hydrogen-bond donors (Lipinski definition) is 2. The van der Waals surface area contributed by atoms with Crippen molar-refractivity contribution in [3.63, 3.8) is 0 Å². The lowest BCUT2D eigenvalue weighted by molar-refractivity contribution is 0.174. The Morgan fingerprint density at radius 1 is 1.26 bits per heavy atom. The standard InChI is InChI=1S/C15H16N4O3S/c20-14(17-15-19-18-13(23-15)10-2-3-10)16-6-5-9-1-4-11-12(7-9)22-8-21-11/h1,4,7,10H,2-3,5-6,8H2,(H2,16,17,19,20). The summed E-state index contributed by atoms with van der Waals surface area (Å²) in [5.74, 6) is 2.08. The molecule has 8 heteroatoms. The number of nitrogens with zero attached hydrogens (tertiary/aromatic N) is 2. The Morgan fingerprint density at radius 3 is 3.00 bits per heavy atom. The zero-order valence-electron chi connectivity index (χ0n) is 12.4. The van der Waals surface area contributed by atoms with Crippen molar-refractivity contribution in [3.8, 4) is 11.5 Å². The van der Waals surface area contributed by atoms with E-state index in [-0.39, 0.29) is 12.8 Å². The summed E-state index contributed by atoms with van der Waals surface area (Å²) in [7, 11) is 0. The summed E-state index contributed by atoms with van der Waals surface area (Å²) in [4.78, 5) is 11.9. The third-order valence-corrected chi connectivity index (χ3v) is 4.73. The van der Waals surface area contributed by atoms with E-state index >= 15 is 0 Å². The predicted octanol–water partition coefficient (Wildman–Crippen LogP) is 2.51. The van der Waals surface area contributed by atoms with Crippen LogP contribution in [0.3, 0.4) is 0 Å². The van der Waals surface area contributed by atoms with Crippen LogP contribution in [0.15, 0.2) is 18.2 Å². The van der Waals surface area contributed by atoms with Gasteiger partial charge in [-0.05, 0) is 37.0 Å². The van der Waals surface area contributed by atoms with Crippen LogP contribution in [0.4, 0.5) is 9.93 Å². The van der Waals surface area contributed by atoms with Gasteiger partial charge in [0.05, 0.1) is 0 Å². The number of carbonyl (C=O) groups excluding carboxylic acids is 1. The molecule has 1 saturated carbocycles. The third-order valence-electron chi connectivity index (χ3n) is 3.72. The largest absolute Gasteiger partial charge is 0.454 e. The summed E-state index contributed by atoms with van der Waals surface area (Å²) in [6, 6.07) is 5.54. The number of amides is 2. The van der Waals surface area contributed by atoms with Crippen molar-refractivity contribution >= 4 is 22.5 Å². The summed E-state index contributed by atoms with van der Waals surface area (Å²) in [6.45, 7) is 0.796. The molecule has 2 aromatic rings. The highest BCUT2D eigenvalue weighted by molar-refractivity contribution is 7.15. The molecule has 2 aliphatic rings. The summed E-state index contributed by atoms with van der Waals surface area (Å²) >= 11 is 1.45. The Kier molecular flexibility index (Phi) is 3.74. The lowest BCUT2D eigenvalue weighted by atomic mass is 10.1. The molecule has 0 radical (unpaired) electrons. The molecule has 1 aliphatic heterocycles. The van der Waals surface area contributed by atoms with Crippen LogP contribution in [0.2, 0.25) is 0 Å². The number of aromatic nitrogens is 2. The second-order valence-electron chi connectivity index (χ2n) is 5.54. The molecule has 2 amide bonds. The van der Waals surface area contributed by atoms with Crippen molar-refractivity contribution in [1.82, 2.24) is 15.5 Å². The first kappa shape index (κ1) is 14.3. The summed E-state index contributed by atoms with van der Waals surface area (Å²) < 4.78 is 10.6. The van der Waals surface area contributed by atoms with E-state index in [1.165, 1.54) is 24.2 Å². The van der Waals surface area contributed by atoms with Gasteiger partial charge in [-0.1, -0.05) is 17.4 Å². The Bertz CT molecular complexity index is 729. The fourth-order valence-corrected chi connectivity index (χ4v) is 3.25. The third kappa shape index (κ3) is 3.37. The van der Waals surface area contributed by atoms with Gasteiger partial charge >= 0.3 is 6.03 Å². The molecule has 2 heterocycles. The number of urea groups is 1. The van der Waals surface area contributed by atoms with Crippen LogP contribution in [0, 0.1) is 0 Å². The molecular weight excluding hydrogens is 316 g/mol. The highest BCUT2D eigenvalue weighted by Crippen LogP contribution is 2.42. The first-order chi connectivity index (χ1) is 11.3. The number of anilines is 1. The zero-order chi connectivity index (χ0) is 15.6. The van der Waals surface area contributed by atoms with E-state index in [0.717, 1.165) is 22.1 Å². The van der Waals surface area contributed by atoms with Gasteiger partial charge in [0.15, 0.2) is 11.5 Å². The number of rotatable bonds is 5. The van der Waals surface area contributed by atoms with Crippen LogP contribution in [0.5, 0.6) is 11.5 Å². The lowest BCUT2D eigenvalue weighted by Gasteiger charge is -2.06. The SMILES string of the molecule is O=C(NCCc1ccc2c(c1)OCO2)Nc1nnc(C2CC2)s1. The molecule has 23 heavy (non-hydrogen) atoms. The highest BCUT2D eigenvalue weighted by atomic mass is 32.1. The zero-order valence-corrected chi connectivity index (χ0v) is 13.2. The van der Waals surface area contributed by atoms with E-state index in [4.69, 9.17) is 9.47 Å². The average molecular weight is 332 g/mol. The Labute approximate surface area is 137 Å². The van der Waals surface area contributed by atoms with Crippen molar-refractivity contribution in [2.75, 3.05) is 18.7 Å².